The Labute approximate surface area is 146 Å². The van der Waals surface area contributed by atoms with Gasteiger partial charge in [0.2, 0.25) is 0 Å². The molecule has 0 atom stereocenters. The number of rotatable bonds is 1. The smallest absolute Gasteiger partial charge is 0.161 e. The van der Waals surface area contributed by atoms with E-state index in [0.717, 1.165) is 8.95 Å². The van der Waals surface area contributed by atoms with Crippen molar-refractivity contribution in [1.29, 1.82) is 0 Å². The van der Waals surface area contributed by atoms with Crippen molar-refractivity contribution in [1.82, 2.24) is 9.97 Å². The number of fused-ring (bicyclic) bond motifs is 1. The first-order valence-corrected chi connectivity index (χ1v) is 8.07. The number of nitrogens with zero attached hydrogens (tertiary/aromatic N) is 2. The quantitative estimate of drug-likeness (QED) is 0.408. The van der Waals surface area contributed by atoms with Crippen molar-refractivity contribution in [3.8, 4) is 11.4 Å². The highest BCUT2D eigenvalue weighted by Crippen LogP contribution is 2.33. The average Bonchev–Trinajstić information content (AvgIpc) is 2.43. The van der Waals surface area contributed by atoms with Crippen LogP contribution in [0.3, 0.4) is 0 Å². The summed E-state index contributed by atoms with van der Waals surface area (Å²) in [6.07, 6.45) is 0. The van der Waals surface area contributed by atoms with E-state index in [4.69, 9.17) is 23.2 Å². The Morgan fingerprint density at radius 2 is 1.76 bits per heavy atom. The molecular formula is C14H5Br2Cl2FN2. The first-order chi connectivity index (χ1) is 9.95. The minimum absolute atomic E-state index is 0.0516. The molecule has 106 valence electrons. The summed E-state index contributed by atoms with van der Waals surface area (Å²) in [5, 5.41) is 1.05. The van der Waals surface area contributed by atoms with Gasteiger partial charge in [0.25, 0.3) is 0 Å². The average molecular weight is 451 g/mol. The molecule has 0 aliphatic carbocycles. The van der Waals surface area contributed by atoms with E-state index in [1.54, 1.807) is 6.07 Å². The van der Waals surface area contributed by atoms with Crippen molar-refractivity contribution in [2.24, 2.45) is 0 Å². The second-order valence-electron chi connectivity index (χ2n) is 4.25. The standard InChI is InChI=1S/C14H5Br2Cl2FN2/c15-7-4-8-12(9(16)5-7)20-14(21-13(8)18)6-1-2-10(17)11(19)3-6/h1-5H. The molecule has 0 saturated carbocycles. The van der Waals surface area contributed by atoms with Crippen LogP contribution in [0.4, 0.5) is 4.39 Å². The monoisotopic (exact) mass is 448 g/mol. The van der Waals surface area contributed by atoms with Crippen LogP contribution < -0.4 is 0 Å². The van der Waals surface area contributed by atoms with E-state index in [9.17, 15) is 4.39 Å². The van der Waals surface area contributed by atoms with Crippen LogP contribution in [0.25, 0.3) is 22.3 Å². The summed E-state index contributed by atoms with van der Waals surface area (Å²) in [5.41, 5.74) is 1.17. The minimum atomic E-state index is -0.524. The minimum Gasteiger partial charge on any atom is -0.227 e. The molecule has 0 unspecified atom stereocenters. The van der Waals surface area contributed by atoms with Gasteiger partial charge in [0, 0.05) is 19.9 Å². The van der Waals surface area contributed by atoms with Crippen LogP contribution >= 0.6 is 55.1 Å². The molecule has 0 radical (unpaired) electrons. The molecule has 21 heavy (non-hydrogen) atoms. The summed E-state index contributed by atoms with van der Waals surface area (Å²) < 4.78 is 15.2. The first-order valence-electron chi connectivity index (χ1n) is 5.73. The van der Waals surface area contributed by atoms with Gasteiger partial charge in [0.15, 0.2) is 5.82 Å². The third-order valence-electron chi connectivity index (χ3n) is 2.85. The number of aromatic nitrogens is 2. The lowest BCUT2D eigenvalue weighted by Crippen LogP contribution is -1.93. The number of benzene rings is 2. The maximum atomic E-state index is 13.6. The summed E-state index contributed by atoms with van der Waals surface area (Å²) in [6, 6.07) is 8.08. The number of hydrogen-bond acceptors (Lipinski definition) is 2. The lowest BCUT2D eigenvalue weighted by molar-refractivity contribution is 0.628. The van der Waals surface area contributed by atoms with Crippen molar-refractivity contribution in [3.63, 3.8) is 0 Å². The Morgan fingerprint density at radius 3 is 2.48 bits per heavy atom. The first kappa shape index (κ1) is 15.2. The Hall–Kier alpha value is -0.750. The zero-order chi connectivity index (χ0) is 15.1. The summed E-state index contributed by atoms with van der Waals surface area (Å²) in [4.78, 5) is 8.67. The van der Waals surface area contributed by atoms with Crippen molar-refractivity contribution in [2.45, 2.75) is 0 Å². The van der Waals surface area contributed by atoms with Gasteiger partial charge in [-0.25, -0.2) is 14.4 Å². The largest absolute Gasteiger partial charge is 0.227 e. The second-order valence-corrected chi connectivity index (χ2v) is 6.79. The van der Waals surface area contributed by atoms with Crippen molar-refractivity contribution in [2.75, 3.05) is 0 Å². The second kappa shape index (κ2) is 5.80. The topological polar surface area (TPSA) is 25.8 Å². The third-order valence-corrected chi connectivity index (χ3v) is 4.51. The van der Waals surface area contributed by atoms with E-state index < -0.39 is 5.82 Å². The Kier molecular flexibility index (Phi) is 4.19. The molecule has 0 saturated heterocycles. The van der Waals surface area contributed by atoms with Gasteiger partial charge in [-0.3, -0.25) is 0 Å². The van der Waals surface area contributed by atoms with E-state index in [1.165, 1.54) is 12.1 Å². The molecule has 1 heterocycles. The zero-order valence-electron chi connectivity index (χ0n) is 10.2. The molecule has 0 aliphatic rings. The fourth-order valence-electron chi connectivity index (χ4n) is 1.89. The number of hydrogen-bond donors (Lipinski definition) is 0. The van der Waals surface area contributed by atoms with Gasteiger partial charge in [0.05, 0.1) is 10.5 Å². The predicted octanol–water partition coefficient (Wildman–Crippen LogP) is 6.27. The van der Waals surface area contributed by atoms with Gasteiger partial charge in [-0.2, -0.15) is 0 Å². The molecule has 2 nitrogen and oxygen atoms in total. The van der Waals surface area contributed by atoms with Gasteiger partial charge in [-0.15, -0.1) is 0 Å². The van der Waals surface area contributed by atoms with Crippen molar-refractivity contribution < 1.29 is 4.39 Å². The molecule has 2 aromatic carbocycles. The molecule has 0 fully saturated rings. The van der Waals surface area contributed by atoms with Crippen LogP contribution in [-0.4, -0.2) is 9.97 Å². The van der Waals surface area contributed by atoms with Crippen LogP contribution in [0.15, 0.2) is 39.3 Å². The lowest BCUT2D eigenvalue weighted by Gasteiger charge is -2.07. The lowest BCUT2D eigenvalue weighted by atomic mass is 10.2. The van der Waals surface area contributed by atoms with Crippen molar-refractivity contribution >= 4 is 66.0 Å². The molecule has 0 spiro atoms. The highest BCUT2D eigenvalue weighted by Gasteiger charge is 2.12. The molecular weight excluding hydrogens is 446 g/mol. The van der Waals surface area contributed by atoms with Gasteiger partial charge >= 0.3 is 0 Å². The molecule has 0 aliphatic heterocycles. The predicted molar refractivity (Wildman–Crippen MR) is 90.4 cm³/mol. The molecule has 7 heteroatoms. The molecule has 0 bridgehead atoms. The van der Waals surface area contributed by atoms with Crippen LogP contribution in [0.1, 0.15) is 0 Å². The Bertz CT molecular complexity index is 871. The highest BCUT2D eigenvalue weighted by molar-refractivity contribution is 9.11. The molecule has 1 aromatic heterocycles. The summed E-state index contributed by atoms with van der Waals surface area (Å²) >= 11 is 18.7. The third kappa shape index (κ3) is 2.93. The SMILES string of the molecule is Fc1cc(-c2nc(Cl)c3cc(Br)cc(Br)c3n2)ccc1Cl. The van der Waals surface area contributed by atoms with E-state index >= 15 is 0 Å². The Morgan fingerprint density at radius 1 is 1.00 bits per heavy atom. The van der Waals surface area contributed by atoms with E-state index in [2.05, 4.69) is 41.8 Å². The van der Waals surface area contributed by atoms with Crippen LogP contribution in [0, 0.1) is 5.82 Å². The van der Waals surface area contributed by atoms with Gasteiger partial charge in [0.1, 0.15) is 11.0 Å². The molecule has 3 rings (SSSR count). The van der Waals surface area contributed by atoms with Gasteiger partial charge < -0.3 is 0 Å². The van der Waals surface area contributed by atoms with Crippen LogP contribution in [0.5, 0.6) is 0 Å². The van der Waals surface area contributed by atoms with Crippen molar-refractivity contribution in [3.05, 3.63) is 55.3 Å². The van der Waals surface area contributed by atoms with E-state index in [-0.39, 0.29) is 5.02 Å². The molecule has 0 N–H and O–H groups in total. The fourth-order valence-corrected chi connectivity index (χ4v) is 3.54. The summed E-state index contributed by atoms with van der Waals surface area (Å²) in [6.45, 7) is 0. The fraction of sp³-hybridized carbons (Fsp3) is 0. The van der Waals surface area contributed by atoms with Gasteiger partial charge in [-0.05, 0) is 46.3 Å². The summed E-state index contributed by atoms with van der Waals surface area (Å²) in [5.74, 6) is -0.185. The molecule has 0 amide bonds. The Balaban J connectivity index is 2.27. The van der Waals surface area contributed by atoms with E-state index in [0.29, 0.717) is 27.4 Å². The zero-order valence-corrected chi connectivity index (χ0v) is 14.9. The highest BCUT2D eigenvalue weighted by atomic mass is 79.9. The summed E-state index contributed by atoms with van der Waals surface area (Å²) in [7, 11) is 0. The van der Waals surface area contributed by atoms with Gasteiger partial charge in [-0.1, -0.05) is 39.1 Å². The maximum Gasteiger partial charge on any atom is 0.161 e. The van der Waals surface area contributed by atoms with E-state index in [1.807, 2.05) is 12.1 Å². The maximum absolute atomic E-state index is 13.6. The normalized spacial score (nSPS) is 11.1. The van der Waals surface area contributed by atoms with Crippen LogP contribution in [-0.2, 0) is 0 Å². The number of halogens is 5. The molecule has 3 aromatic rings. The van der Waals surface area contributed by atoms with Crippen LogP contribution in [0.2, 0.25) is 10.2 Å².